The third kappa shape index (κ3) is 0.743. The molecule has 2 rings (SSSR count). The van der Waals surface area contributed by atoms with Crippen LogP contribution >= 0.6 is 0 Å². The lowest BCUT2D eigenvalue weighted by Crippen LogP contribution is -2.44. The minimum atomic E-state index is 0.606. The quantitative estimate of drug-likeness (QED) is 0.604. The Morgan fingerprint density at radius 2 is 2.50 bits per heavy atom. The summed E-state index contributed by atoms with van der Waals surface area (Å²) in [7, 11) is 0. The molecule has 54 valence electrons. The molecule has 0 radical (unpaired) electrons. The molecule has 0 amide bonds. The minimum absolute atomic E-state index is 0.606. The Labute approximate surface area is 60.0 Å². The van der Waals surface area contributed by atoms with Crippen molar-refractivity contribution in [2.24, 2.45) is 0 Å². The highest BCUT2D eigenvalue weighted by molar-refractivity contribution is 5.00. The molecule has 10 heavy (non-hydrogen) atoms. The van der Waals surface area contributed by atoms with Crippen LogP contribution in [0.2, 0.25) is 0 Å². The van der Waals surface area contributed by atoms with E-state index in [1.165, 1.54) is 5.69 Å². The lowest BCUT2D eigenvalue weighted by atomic mass is 10.2. The second-order valence-corrected chi connectivity index (χ2v) is 2.73. The van der Waals surface area contributed by atoms with Gasteiger partial charge < -0.3 is 5.32 Å². The highest BCUT2D eigenvalue weighted by Crippen LogP contribution is 2.11. The first-order chi connectivity index (χ1) is 4.88. The third-order valence-electron chi connectivity index (χ3n) is 1.97. The number of hydrogen-bond donors (Lipinski definition) is 1. The standard InChI is InChI=1S/C7H11N3/c1-6-2-3-9-10(6)7-4-8-5-7/h2-3,7-8H,4-5H2,1H3. The second kappa shape index (κ2) is 2.09. The summed E-state index contributed by atoms with van der Waals surface area (Å²) >= 11 is 0. The lowest BCUT2D eigenvalue weighted by Gasteiger charge is -2.28. The molecule has 3 heteroatoms. The van der Waals surface area contributed by atoms with Gasteiger partial charge in [0.2, 0.25) is 0 Å². The Balaban J connectivity index is 2.23. The van der Waals surface area contributed by atoms with Gasteiger partial charge in [-0.1, -0.05) is 0 Å². The van der Waals surface area contributed by atoms with E-state index in [0.717, 1.165) is 13.1 Å². The Kier molecular flexibility index (Phi) is 1.24. The van der Waals surface area contributed by atoms with Crippen LogP contribution in [0.3, 0.4) is 0 Å². The Morgan fingerprint density at radius 1 is 1.70 bits per heavy atom. The first-order valence-corrected chi connectivity index (χ1v) is 3.59. The van der Waals surface area contributed by atoms with Crippen LogP contribution in [0.15, 0.2) is 12.3 Å². The summed E-state index contributed by atoms with van der Waals surface area (Å²) in [5.74, 6) is 0. The molecular weight excluding hydrogens is 126 g/mol. The SMILES string of the molecule is Cc1ccnn1C1CNC1. The molecule has 1 fully saturated rings. The van der Waals surface area contributed by atoms with Crippen LogP contribution < -0.4 is 5.32 Å². The monoisotopic (exact) mass is 137 g/mol. The van der Waals surface area contributed by atoms with E-state index in [-0.39, 0.29) is 0 Å². The fourth-order valence-electron chi connectivity index (χ4n) is 1.21. The van der Waals surface area contributed by atoms with E-state index in [9.17, 15) is 0 Å². The van der Waals surface area contributed by atoms with E-state index in [4.69, 9.17) is 0 Å². The number of hydrogen-bond acceptors (Lipinski definition) is 2. The van der Waals surface area contributed by atoms with Gasteiger partial charge in [-0.3, -0.25) is 4.68 Å². The number of aromatic nitrogens is 2. The topological polar surface area (TPSA) is 29.9 Å². The lowest BCUT2D eigenvalue weighted by molar-refractivity contribution is 0.313. The molecule has 0 unspecified atom stereocenters. The van der Waals surface area contributed by atoms with E-state index in [2.05, 4.69) is 22.0 Å². The molecule has 1 aliphatic heterocycles. The third-order valence-corrected chi connectivity index (χ3v) is 1.97. The summed E-state index contributed by atoms with van der Waals surface area (Å²) in [6, 6.07) is 2.65. The molecule has 3 nitrogen and oxygen atoms in total. The van der Waals surface area contributed by atoms with E-state index in [0.29, 0.717) is 6.04 Å². The van der Waals surface area contributed by atoms with Crippen molar-refractivity contribution < 1.29 is 0 Å². The molecule has 1 aliphatic rings. The number of aryl methyl sites for hydroxylation is 1. The molecule has 0 aliphatic carbocycles. The number of nitrogens with one attached hydrogen (secondary N) is 1. The Morgan fingerprint density at radius 3 is 2.90 bits per heavy atom. The summed E-state index contributed by atoms with van der Waals surface area (Å²) in [6.45, 7) is 4.23. The maximum Gasteiger partial charge on any atom is 0.0770 e. The van der Waals surface area contributed by atoms with Crippen LogP contribution in [-0.2, 0) is 0 Å². The number of rotatable bonds is 1. The van der Waals surface area contributed by atoms with Crippen molar-refractivity contribution in [3.63, 3.8) is 0 Å². The predicted molar refractivity (Wildman–Crippen MR) is 38.9 cm³/mol. The van der Waals surface area contributed by atoms with Crippen LogP contribution in [0.25, 0.3) is 0 Å². The van der Waals surface area contributed by atoms with Gasteiger partial charge in [-0.15, -0.1) is 0 Å². The van der Waals surface area contributed by atoms with E-state index >= 15 is 0 Å². The van der Waals surface area contributed by atoms with Gasteiger partial charge in [-0.2, -0.15) is 5.10 Å². The fraction of sp³-hybridized carbons (Fsp3) is 0.571. The molecule has 2 heterocycles. The van der Waals surface area contributed by atoms with Crippen molar-refractivity contribution in [2.75, 3.05) is 13.1 Å². The molecule has 1 N–H and O–H groups in total. The molecule has 0 spiro atoms. The second-order valence-electron chi connectivity index (χ2n) is 2.73. The van der Waals surface area contributed by atoms with Gasteiger partial charge in [-0.05, 0) is 13.0 Å². The van der Waals surface area contributed by atoms with Gasteiger partial charge in [0, 0.05) is 25.0 Å². The molecule has 0 aromatic carbocycles. The smallest absolute Gasteiger partial charge is 0.0770 e. The fourth-order valence-corrected chi connectivity index (χ4v) is 1.21. The van der Waals surface area contributed by atoms with Gasteiger partial charge in [-0.25, -0.2) is 0 Å². The maximum absolute atomic E-state index is 4.21. The van der Waals surface area contributed by atoms with Gasteiger partial charge >= 0.3 is 0 Å². The molecular formula is C7H11N3. The van der Waals surface area contributed by atoms with Crippen molar-refractivity contribution in [3.8, 4) is 0 Å². The van der Waals surface area contributed by atoms with Gasteiger partial charge in [0.1, 0.15) is 0 Å². The predicted octanol–water partition coefficient (Wildman–Crippen LogP) is 0.336. The average molecular weight is 137 g/mol. The van der Waals surface area contributed by atoms with E-state index in [1.807, 2.05) is 12.3 Å². The summed E-state index contributed by atoms with van der Waals surface area (Å²) in [6.07, 6.45) is 1.85. The van der Waals surface area contributed by atoms with Crippen LogP contribution in [0.1, 0.15) is 11.7 Å². The largest absolute Gasteiger partial charge is 0.312 e. The minimum Gasteiger partial charge on any atom is -0.312 e. The van der Waals surface area contributed by atoms with Crippen LogP contribution in [0, 0.1) is 6.92 Å². The zero-order valence-corrected chi connectivity index (χ0v) is 6.04. The Hall–Kier alpha value is -0.830. The highest BCUT2D eigenvalue weighted by Gasteiger charge is 2.19. The highest BCUT2D eigenvalue weighted by atomic mass is 15.3. The average Bonchev–Trinajstić information content (AvgIpc) is 2.12. The van der Waals surface area contributed by atoms with Crippen molar-refractivity contribution in [2.45, 2.75) is 13.0 Å². The normalized spacial score (nSPS) is 18.9. The van der Waals surface area contributed by atoms with Gasteiger partial charge in [0.25, 0.3) is 0 Å². The van der Waals surface area contributed by atoms with Crippen molar-refractivity contribution in [3.05, 3.63) is 18.0 Å². The summed E-state index contributed by atoms with van der Waals surface area (Å²) in [5, 5.41) is 7.43. The maximum atomic E-state index is 4.21. The van der Waals surface area contributed by atoms with Gasteiger partial charge in [0.05, 0.1) is 6.04 Å². The number of nitrogens with zero attached hydrogens (tertiary/aromatic N) is 2. The molecule has 0 atom stereocenters. The van der Waals surface area contributed by atoms with Gasteiger partial charge in [0.15, 0.2) is 0 Å². The van der Waals surface area contributed by atoms with E-state index in [1.54, 1.807) is 0 Å². The van der Waals surface area contributed by atoms with Crippen LogP contribution in [0.5, 0.6) is 0 Å². The Bertz CT molecular complexity index is 225. The van der Waals surface area contributed by atoms with Crippen LogP contribution in [-0.4, -0.2) is 22.9 Å². The van der Waals surface area contributed by atoms with Crippen molar-refractivity contribution in [1.29, 1.82) is 0 Å². The molecule has 0 bridgehead atoms. The van der Waals surface area contributed by atoms with Crippen molar-refractivity contribution >= 4 is 0 Å². The first-order valence-electron chi connectivity index (χ1n) is 3.59. The zero-order chi connectivity index (χ0) is 6.97. The molecule has 1 aromatic heterocycles. The zero-order valence-electron chi connectivity index (χ0n) is 6.04. The van der Waals surface area contributed by atoms with Crippen LogP contribution in [0.4, 0.5) is 0 Å². The summed E-state index contributed by atoms with van der Waals surface area (Å²) in [5.41, 5.74) is 1.26. The summed E-state index contributed by atoms with van der Waals surface area (Å²) < 4.78 is 2.08. The first kappa shape index (κ1) is 5.92. The molecule has 0 saturated carbocycles. The van der Waals surface area contributed by atoms with E-state index < -0.39 is 0 Å². The molecule has 1 saturated heterocycles. The molecule has 1 aromatic rings. The van der Waals surface area contributed by atoms with Crippen molar-refractivity contribution in [1.82, 2.24) is 15.1 Å². The summed E-state index contributed by atoms with van der Waals surface area (Å²) in [4.78, 5) is 0.